The van der Waals surface area contributed by atoms with Crippen molar-refractivity contribution in [2.75, 3.05) is 5.73 Å². The molecule has 0 aliphatic heterocycles. The third-order valence-corrected chi connectivity index (χ3v) is 6.57. The molecule has 0 bridgehead atoms. The van der Waals surface area contributed by atoms with Crippen molar-refractivity contribution in [2.24, 2.45) is 0 Å². The smallest absolute Gasteiger partial charge is 0.337 e. The molecule has 0 aliphatic rings. The Hall–Kier alpha value is -3.25. The molecule has 4 aromatic rings. The Kier molecular flexibility index (Phi) is 6.24. The molecule has 1 unspecified atom stereocenters. The van der Waals surface area contributed by atoms with E-state index in [1.807, 2.05) is 36.4 Å². The van der Waals surface area contributed by atoms with Crippen LogP contribution in [0.4, 0.5) is 5.69 Å². The molecule has 0 amide bonds. The van der Waals surface area contributed by atoms with Gasteiger partial charge in [-0.25, -0.2) is 4.68 Å². The molecule has 32 heavy (non-hydrogen) atoms. The highest BCUT2D eigenvalue weighted by atomic mass is 31.2. The van der Waals surface area contributed by atoms with Crippen LogP contribution in [-0.2, 0) is 11.0 Å². The third-order valence-electron chi connectivity index (χ3n) is 5.30. The van der Waals surface area contributed by atoms with Crippen molar-refractivity contribution in [3.05, 3.63) is 95.7 Å². The lowest BCUT2D eigenvalue weighted by molar-refractivity contribution is 0.364. The first-order chi connectivity index (χ1) is 15.3. The Balaban J connectivity index is 1.69. The largest absolute Gasteiger partial charge is 0.399 e. The first-order valence-electron chi connectivity index (χ1n) is 10.4. The van der Waals surface area contributed by atoms with Gasteiger partial charge in [0.15, 0.2) is 0 Å². The maximum atomic E-state index is 12.5. The van der Waals surface area contributed by atoms with Crippen LogP contribution in [-0.4, -0.2) is 24.8 Å². The fraction of sp³-hybridized carbons (Fsp3) is 0.167. The van der Waals surface area contributed by atoms with Crippen LogP contribution >= 0.6 is 7.60 Å². The number of benzene rings is 3. The minimum atomic E-state index is -4.47. The highest BCUT2D eigenvalue weighted by molar-refractivity contribution is 7.52. The van der Waals surface area contributed by atoms with E-state index < -0.39 is 13.3 Å². The zero-order chi connectivity index (χ0) is 22.7. The molecule has 164 valence electrons. The van der Waals surface area contributed by atoms with Gasteiger partial charge in [0.1, 0.15) is 11.4 Å². The predicted molar refractivity (Wildman–Crippen MR) is 126 cm³/mol. The van der Waals surface area contributed by atoms with Crippen LogP contribution in [0.1, 0.15) is 35.7 Å². The molecule has 7 nitrogen and oxygen atoms in total. The van der Waals surface area contributed by atoms with Crippen molar-refractivity contribution in [2.45, 2.75) is 25.4 Å². The first-order valence-corrected chi connectivity index (χ1v) is 12.1. The molecule has 1 atom stereocenters. The van der Waals surface area contributed by atoms with Crippen molar-refractivity contribution in [1.29, 1.82) is 0 Å². The van der Waals surface area contributed by atoms with Crippen LogP contribution in [0.2, 0.25) is 0 Å². The normalized spacial score (nSPS) is 12.6. The molecular weight excluding hydrogens is 423 g/mol. The van der Waals surface area contributed by atoms with Crippen LogP contribution in [0.25, 0.3) is 16.9 Å². The lowest BCUT2D eigenvalue weighted by atomic mass is 10.0. The summed E-state index contributed by atoms with van der Waals surface area (Å²) in [5.41, 5.74) is 9.82. The summed E-state index contributed by atoms with van der Waals surface area (Å²) in [6, 6.07) is 21.9. The minimum Gasteiger partial charge on any atom is -0.399 e. The van der Waals surface area contributed by atoms with Crippen LogP contribution < -0.4 is 5.73 Å². The van der Waals surface area contributed by atoms with Crippen LogP contribution in [0.5, 0.6) is 0 Å². The van der Waals surface area contributed by atoms with Crippen molar-refractivity contribution < 1.29 is 14.4 Å². The molecule has 4 N–H and O–H groups in total. The van der Waals surface area contributed by atoms with E-state index >= 15 is 0 Å². The molecule has 0 saturated heterocycles. The zero-order valence-corrected chi connectivity index (χ0v) is 18.6. The number of hydrogen-bond acceptors (Lipinski definition) is 4. The van der Waals surface area contributed by atoms with Gasteiger partial charge in [-0.3, -0.25) is 4.57 Å². The van der Waals surface area contributed by atoms with Crippen molar-refractivity contribution >= 4 is 13.3 Å². The van der Waals surface area contributed by atoms with Gasteiger partial charge in [-0.1, -0.05) is 67.1 Å². The molecule has 1 heterocycles. The number of nitrogen functional groups attached to an aromatic ring is 1. The summed E-state index contributed by atoms with van der Waals surface area (Å²) in [6.45, 7) is 2.10. The van der Waals surface area contributed by atoms with Gasteiger partial charge in [-0.15, -0.1) is 5.10 Å². The number of nitrogens with two attached hydrogens (primary N) is 1. The van der Waals surface area contributed by atoms with E-state index in [0.717, 1.165) is 24.0 Å². The second kappa shape index (κ2) is 9.09. The molecule has 8 heteroatoms. The summed E-state index contributed by atoms with van der Waals surface area (Å²) in [7, 11) is -4.47. The molecule has 3 aromatic carbocycles. The van der Waals surface area contributed by atoms with Gasteiger partial charge < -0.3 is 15.5 Å². The van der Waals surface area contributed by atoms with Crippen molar-refractivity contribution in [3.63, 3.8) is 0 Å². The first kappa shape index (κ1) is 22.0. The molecule has 0 aliphatic carbocycles. The lowest BCUT2D eigenvalue weighted by Crippen LogP contribution is -2.04. The number of hydrogen-bond donors (Lipinski definition) is 3. The Morgan fingerprint density at radius 1 is 1.00 bits per heavy atom. The number of nitrogens with zero attached hydrogens (tertiary/aromatic N) is 3. The van der Waals surface area contributed by atoms with Gasteiger partial charge in [0, 0.05) is 11.3 Å². The van der Waals surface area contributed by atoms with Crippen LogP contribution in [0, 0.1) is 0 Å². The van der Waals surface area contributed by atoms with Crippen molar-refractivity contribution in [3.8, 4) is 16.9 Å². The Bertz CT molecular complexity index is 1260. The van der Waals surface area contributed by atoms with E-state index in [4.69, 9.17) is 5.73 Å². The highest BCUT2D eigenvalue weighted by Crippen LogP contribution is 2.55. The second-order valence-corrected chi connectivity index (χ2v) is 9.45. The summed E-state index contributed by atoms with van der Waals surface area (Å²) >= 11 is 0. The molecular formula is C24H25N4O3P. The number of anilines is 1. The van der Waals surface area contributed by atoms with E-state index in [2.05, 4.69) is 17.2 Å². The monoisotopic (exact) mass is 448 g/mol. The van der Waals surface area contributed by atoms with Gasteiger partial charge in [0.05, 0.1) is 11.9 Å². The van der Waals surface area contributed by atoms with Crippen molar-refractivity contribution in [1.82, 2.24) is 15.0 Å². The van der Waals surface area contributed by atoms with Gasteiger partial charge in [0.2, 0.25) is 0 Å². The third kappa shape index (κ3) is 4.81. The minimum absolute atomic E-state index is 0.514. The Morgan fingerprint density at radius 3 is 2.44 bits per heavy atom. The predicted octanol–water partition coefficient (Wildman–Crippen LogP) is 4.74. The van der Waals surface area contributed by atoms with Gasteiger partial charge in [-0.2, -0.15) is 0 Å². The van der Waals surface area contributed by atoms with E-state index in [9.17, 15) is 14.4 Å². The quantitative estimate of drug-likeness (QED) is 0.278. The summed E-state index contributed by atoms with van der Waals surface area (Å²) in [5.74, 6) is 0. The molecule has 0 spiro atoms. The average molecular weight is 448 g/mol. The fourth-order valence-corrected chi connectivity index (χ4v) is 4.90. The molecule has 0 fully saturated rings. The van der Waals surface area contributed by atoms with E-state index in [1.165, 1.54) is 0 Å². The standard InChI is InChI=1S/C24H25N4O3P/c1-2-5-17-10-12-18(13-11-17)24(32(29,30)31)20-7-4-9-22(15-20)28-16-23(26-27-28)19-6-3-8-21(25)14-19/h3-4,6-16,24H,2,5,25H2,1H3,(H2,29,30,31). The molecule has 0 radical (unpaired) electrons. The Labute approximate surface area is 186 Å². The van der Waals surface area contributed by atoms with Crippen LogP contribution in [0.15, 0.2) is 79.0 Å². The van der Waals surface area contributed by atoms with Crippen LogP contribution in [0.3, 0.4) is 0 Å². The highest BCUT2D eigenvalue weighted by Gasteiger charge is 2.32. The van der Waals surface area contributed by atoms with Gasteiger partial charge >= 0.3 is 7.60 Å². The summed E-state index contributed by atoms with van der Waals surface area (Å²) in [4.78, 5) is 20.3. The van der Waals surface area contributed by atoms with Gasteiger partial charge in [-0.05, 0) is 47.4 Å². The number of rotatable bonds is 7. The topological polar surface area (TPSA) is 114 Å². The fourth-order valence-electron chi connectivity index (χ4n) is 3.79. The van der Waals surface area contributed by atoms with Gasteiger partial charge in [0.25, 0.3) is 0 Å². The lowest BCUT2D eigenvalue weighted by Gasteiger charge is -2.20. The van der Waals surface area contributed by atoms with E-state index in [0.29, 0.717) is 28.2 Å². The summed E-state index contributed by atoms with van der Waals surface area (Å²) in [6.07, 6.45) is 3.71. The molecule has 4 rings (SSSR count). The molecule has 0 saturated carbocycles. The maximum absolute atomic E-state index is 12.5. The molecule has 1 aromatic heterocycles. The Morgan fingerprint density at radius 2 is 1.75 bits per heavy atom. The summed E-state index contributed by atoms with van der Waals surface area (Å²) < 4.78 is 14.0. The maximum Gasteiger partial charge on any atom is 0.337 e. The number of aromatic nitrogens is 3. The van der Waals surface area contributed by atoms with E-state index in [1.54, 1.807) is 47.3 Å². The zero-order valence-electron chi connectivity index (χ0n) is 17.7. The van der Waals surface area contributed by atoms with E-state index in [-0.39, 0.29) is 0 Å². The SMILES string of the molecule is CCCc1ccc(C(c2cccc(-n3cc(-c4cccc(N)c4)nn3)c2)P(=O)(O)O)cc1. The average Bonchev–Trinajstić information content (AvgIpc) is 3.25. The second-order valence-electron chi connectivity index (χ2n) is 7.75. The summed E-state index contributed by atoms with van der Waals surface area (Å²) in [5, 5.41) is 8.41. The number of aryl methyl sites for hydroxylation is 1.